The van der Waals surface area contributed by atoms with Crippen LogP contribution in [0, 0.1) is 11.3 Å². The Kier molecular flexibility index (Phi) is 5.83. The third kappa shape index (κ3) is 5.80. The zero-order chi connectivity index (χ0) is 15.3. The van der Waals surface area contributed by atoms with Crippen molar-refractivity contribution < 1.29 is 0 Å². The van der Waals surface area contributed by atoms with Crippen LogP contribution in [0.5, 0.6) is 0 Å². The van der Waals surface area contributed by atoms with Gasteiger partial charge >= 0.3 is 0 Å². The fraction of sp³-hybridized carbons (Fsp3) is 0.684. The molecule has 0 aliphatic carbocycles. The summed E-state index contributed by atoms with van der Waals surface area (Å²) >= 11 is 0. The highest BCUT2D eigenvalue weighted by Crippen LogP contribution is 2.29. The van der Waals surface area contributed by atoms with Crippen LogP contribution in [0.3, 0.4) is 0 Å². The van der Waals surface area contributed by atoms with Gasteiger partial charge in [0.15, 0.2) is 0 Å². The molecule has 0 amide bonds. The molecule has 118 valence electrons. The highest BCUT2D eigenvalue weighted by molar-refractivity contribution is 5.23. The van der Waals surface area contributed by atoms with Crippen LogP contribution < -0.4 is 5.32 Å². The lowest BCUT2D eigenvalue weighted by Crippen LogP contribution is -2.23. The van der Waals surface area contributed by atoms with E-state index in [1.807, 2.05) is 0 Å². The molecular formula is C19H32N2. The van der Waals surface area contributed by atoms with E-state index in [0.717, 1.165) is 32.0 Å². The number of hydrogen-bond acceptors (Lipinski definition) is 2. The van der Waals surface area contributed by atoms with Crippen LogP contribution in [-0.2, 0) is 13.0 Å². The van der Waals surface area contributed by atoms with Crippen molar-refractivity contribution in [1.29, 1.82) is 0 Å². The number of nitrogens with zero attached hydrogens (tertiary/aromatic N) is 1. The van der Waals surface area contributed by atoms with Gasteiger partial charge in [-0.3, -0.25) is 4.90 Å². The summed E-state index contributed by atoms with van der Waals surface area (Å²) in [6.45, 7) is 15.0. The van der Waals surface area contributed by atoms with Crippen LogP contribution in [0.4, 0.5) is 0 Å². The van der Waals surface area contributed by atoms with Gasteiger partial charge in [-0.15, -0.1) is 0 Å². The first-order valence-corrected chi connectivity index (χ1v) is 8.45. The average molecular weight is 288 g/mol. The molecule has 1 N–H and O–H groups in total. The molecule has 0 atom stereocenters. The standard InChI is InChI=1S/C19H32N2/c1-16(2)13-20-11-9-17-5-7-18(8-6-17)14-21-12-10-19(3,4)15-21/h5-8,16,20H,9-15H2,1-4H3. The molecular weight excluding hydrogens is 256 g/mol. The zero-order valence-electron chi connectivity index (χ0n) is 14.3. The topological polar surface area (TPSA) is 15.3 Å². The van der Waals surface area contributed by atoms with Crippen LogP contribution in [0.2, 0.25) is 0 Å². The maximum atomic E-state index is 3.51. The van der Waals surface area contributed by atoms with Crippen LogP contribution in [-0.4, -0.2) is 31.1 Å². The van der Waals surface area contributed by atoms with Crippen molar-refractivity contribution in [2.75, 3.05) is 26.2 Å². The molecule has 0 radical (unpaired) electrons. The first-order chi connectivity index (χ1) is 9.94. The van der Waals surface area contributed by atoms with E-state index in [0.29, 0.717) is 5.41 Å². The van der Waals surface area contributed by atoms with Crippen molar-refractivity contribution in [2.24, 2.45) is 11.3 Å². The van der Waals surface area contributed by atoms with Gasteiger partial charge in [0.25, 0.3) is 0 Å². The van der Waals surface area contributed by atoms with E-state index in [1.165, 1.54) is 30.6 Å². The second-order valence-corrected chi connectivity index (χ2v) is 7.79. The molecule has 0 saturated carbocycles. The third-order valence-electron chi connectivity index (χ3n) is 4.33. The first-order valence-electron chi connectivity index (χ1n) is 8.45. The molecule has 2 heteroatoms. The van der Waals surface area contributed by atoms with Crippen molar-refractivity contribution in [2.45, 2.75) is 47.1 Å². The lowest BCUT2D eigenvalue weighted by Gasteiger charge is -2.19. The summed E-state index contributed by atoms with van der Waals surface area (Å²) < 4.78 is 0. The molecule has 1 aliphatic rings. The Morgan fingerprint density at radius 1 is 1.14 bits per heavy atom. The summed E-state index contributed by atoms with van der Waals surface area (Å²) in [6, 6.07) is 9.22. The SMILES string of the molecule is CC(C)CNCCc1ccc(CN2CCC(C)(C)C2)cc1. The molecule has 0 bridgehead atoms. The van der Waals surface area contributed by atoms with E-state index in [-0.39, 0.29) is 0 Å². The Labute approximate surface area is 130 Å². The van der Waals surface area contributed by atoms with Gasteiger partial charge in [-0.25, -0.2) is 0 Å². The van der Waals surface area contributed by atoms with E-state index in [4.69, 9.17) is 0 Å². The lowest BCUT2D eigenvalue weighted by molar-refractivity contribution is 0.284. The van der Waals surface area contributed by atoms with Gasteiger partial charge in [0, 0.05) is 13.1 Å². The third-order valence-corrected chi connectivity index (χ3v) is 4.33. The molecule has 1 aliphatic heterocycles. The molecule has 2 nitrogen and oxygen atoms in total. The van der Waals surface area contributed by atoms with Crippen molar-refractivity contribution in [1.82, 2.24) is 10.2 Å². The summed E-state index contributed by atoms with van der Waals surface area (Å²) in [5.74, 6) is 0.733. The van der Waals surface area contributed by atoms with Crippen LogP contribution in [0.25, 0.3) is 0 Å². The molecule has 1 aromatic rings. The molecule has 0 spiro atoms. The van der Waals surface area contributed by atoms with Gasteiger partial charge < -0.3 is 5.32 Å². The van der Waals surface area contributed by atoms with E-state index in [1.54, 1.807) is 0 Å². The normalized spacial score (nSPS) is 18.5. The lowest BCUT2D eigenvalue weighted by atomic mass is 9.93. The Bertz CT molecular complexity index is 420. The van der Waals surface area contributed by atoms with Crippen molar-refractivity contribution >= 4 is 0 Å². The first kappa shape index (κ1) is 16.5. The summed E-state index contributed by atoms with van der Waals surface area (Å²) in [7, 11) is 0. The predicted octanol–water partition coefficient (Wildman–Crippen LogP) is 3.71. The smallest absolute Gasteiger partial charge is 0.0233 e. The van der Waals surface area contributed by atoms with Crippen molar-refractivity contribution in [3.05, 3.63) is 35.4 Å². The van der Waals surface area contributed by atoms with E-state index >= 15 is 0 Å². The van der Waals surface area contributed by atoms with Gasteiger partial charge in [-0.1, -0.05) is 52.0 Å². The van der Waals surface area contributed by atoms with Crippen LogP contribution in [0.15, 0.2) is 24.3 Å². The van der Waals surface area contributed by atoms with E-state index in [9.17, 15) is 0 Å². The minimum Gasteiger partial charge on any atom is -0.316 e. The minimum absolute atomic E-state index is 0.502. The largest absolute Gasteiger partial charge is 0.316 e. The number of hydrogen-bond donors (Lipinski definition) is 1. The number of likely N-dealkylation sites (tertiary alicyclic amines) is 1. The maximum Gasteiger partial charge on any atom is 0.0233 e. The van der Waals surface area contributed by atoms with Crippen LogP contribution >= 0.6 is 0 Å². The Morgan fingerprint density at radius 3 is 2.38 bits per heavy atom. The molecule has 2 rings (SSSR count). The number of benzene rings is 1. The van der Waals surface area contributed by atoms with Gasteiger partial charge in [-0.2, -0.15) is 0 Å². The molecule has 1 heterocycles. The molecule has 21 heavy (non-hydrogen) atoms. The summed E-state index contributed by atoms with van der Waals surface area (Å²) in [4.78, 5) is 2.58. The molecule has 0 unspecified atom stereocenters. The Balaban J connectivity index is 1.74. The maximum absolute atomic E-state index is 3.51. The van der Waals surface area contributed by atoms with Gasteiger partial charge in [0.05, 0.1) is 0 Å². The van der Waals surface area contributed by atoms with Gasteiger partial charge in [-0.05, 0) is 54.9 Å². The van der Waals surface area contributed by atoms with Crippen molar-refractivity contribution in [3.8, 4) is 0 Å². The highest BCUT2D eigenvalue weighted by atomic mass is 15.1. The average Bonchev–Trinajstić information content (AvgIpc) is 2.75. The second-order valence-electron chi connectivity index (χ2n) is 7.79. The fourth-order valence-corrected chi connectivity index (χ4v) is 3.05. The summed E-state index contributed by atoms with van der Waals surface area (Å²) in [5, 5.41) is 3.51. The summed E-state index contributed by atoms with van der Waals surface area (Å²) in [5.41, 5.74) is 3.39. The number of rotatable bonds is 7. The molecule has 1 saturated heterocycles. The van der Waals surface area contributed by atoms with Crippen LogP contribution in [0.1, 0.15) is 45.2 Å². The highest BCUT2D eigenvalue weighted by Gasteiger charge is 2.28. The quantitative estimate of drug-likeness (QED) is 0.770. The predicted molar refractivity (Wildman–Crippen MR) is 91.5 cm³/mol. The second kappa shape index (κ2) is 7.42. The van der Waals surface area contributed by atoms with Crippen molar-refractivity contribution in [3.63, 3.8) is 0 Å². The minimum atomic E-state index is 0.502. The Morgan fingerprint density at radius 2 is 1.81 bits per heavy atom. The molecule has 1 fully saturated rings. The Hall–Kier alpha value is -0.860. The molecule has 0 aromatic heterocycles. The zero-order valence-corrected chi connectivity index (χ0v) is 14.3. The summed E-state index contributed by atoms with van der Waals surface area (Å²) in [6.07, 6.45) is 2.45. The monoisotopic (exact) mass is 288 g/mol. The fourth-order valence-electron chi connectivity index (χ4n) is 3.05. The van der Waals surface area contributed by atoms with Gasteiger partial charge in [0.2, 0.25) is 0 Å². The van der Waals surface area contributed by atoms with E-state index in [2.05, 4.69) is 62.2 Å². The molecule has 1 aromatic carbocycles. The van der Waals surface area contributed by atoms with E-state index < -0.39 is 0 Å². The number of nitrogens with one attached hydrogen (secondary N) is 1. The van der Waals surface area contributed by atoms with Gasteiger partial charge in [0.1, 0.15) is 0 Å².